The average molecular weight is 259 g/mol. The summed E-state index contributed by atoms with van der Waals surface area (Å²) >= 11 is 1.89. The van der Waals surface area contributed by atoms with Gasteiger partial charge in [-0.2, -0.15) is 0 Å². The molecule has 0 aromatic carbocycles. The van der Waals surface area contributed by atoms with Gasteiger partial charge in [-0.25, -0.2) is 9.97 Å². The maximum absolute atomic E-state index is 4.55. The predicted molar refractivity (Wildman–Crippen MR) is 75.4 cm³/mol. The Morgan fingerprint density at radius 3 is 3.00 bits per heavy atom. The van der Waals surface area contributed by atoms with E-state index in [2.05, 4.69) is 21.8 Å². The van der Waals surface area contributed by atoms with Crippen LogP contribution in [0.4, 0.5) is 5.82 Å². The van der Waals surface area contributed by atoms with Gasteiger partial charge in [0, 0.05) is 18.0 Å². The molecule has 0 N–H and O–H groups in total. The molecule has 0 radical (unpaired) electrons. The third-order valence-corrected chi connectivity index (χ3v) is 5.39. The van der Waals surface area contributed by atoms with Crippen LogP contribution in [0.15, 0.2) is 6.33 Å². The third-order valence-electron chi connectivity index (χ3n) is 4.23. The molecular formula is C14H17N3S. The van der Waals surface area contributed by atoms with E-state index in [0.29, 0.717) is 0 Å². The van der Waals surface area contributed by atoms with Crippen LogP contribution in [-0.4, -0.2) is 23.1 Å². The zero-order valence-corrected chi connectivity index (χ0v) is 11.5. The van der Waals surface area contributed by atoms with Crippen LogP contribution in [-0.2, 0) is 12.8 Å². The number of nitrogens with zero attached hydrogens (tertiary/aromatic N) is 3. The first kappa shape index (κ1) is 10.7. The smallest absolute Gasteiger partial charge is 0.141 e. The van der Waals surface area contributed by atoms with E-state index >= 15 is 0 Å². The number of aryl methyl sites for hydroxylation is 1. The zero-order valence-electron chi connectivity index (χ0n) is 10.6. The highest BCUT2D eigenvalue weighted by molar-refractivity contribution is 7.19. The van der Waals surface area contributed by atoms with Crippen molar-refractivity contribution in [3.8, 4) is 0 Å². The molecule has 4 heteroatoms. The van der Waals surface area contributed by atoms with Crippen LogP contribution in [0.5, 0.6) is 0 Å². The maximum atomic E-state index is 4.55. The minimum Gasteiger partial charge on any atom is -0.356 e. The Labute approximate surface area is 111 Å². The second-order valence-electron chi connectivity index (χ2n) is 5.57. The van der Waals surface area contributed by atoms with Crippen LogP contribution in [0.1, 0.15) is 30.2 Å². The van der Waals surface area contributed by atoms with Crippen molar-refractivity contribution in [2.24, 2.45) is 5.92 Å². The molecule has 1 saturated heterocycles. The molecule has 1 atom stereocenters. The molecule has 0 amide bonds. The van der Waals surface area contributed by atoms with Gasteiger partial charge in [0.1, 0.15) is 17.0 Å². The van der Waals surface area contributed by atoms with Gasteiger partial charge in [-0.3, -0.25) is 0 Å². The fourth-order valence-electron chi connectivity index (χ4n) is 3.03. The summed E-state index contributed by atoms with van der Waals surface area (Å²) in [7, 11) is 0. The summed E-state index contributed by atoms with van der Waals surface area (Å²) in [5, 5.41) is 1.36. The Hall–Kier alpha value is -1.16. The lowest BCUT2D eigenvalue weighted by molar-refractivity contribution is 0.509. The van der Waals surface area contributed by atoms with Crippen LogP contribution in [0, 0.1) is 5.92 Å². The van der Waals surface area contributed by atoms with Crippen molar-refractivity contribution in [3.05, 3.63) is 16.8 Å². The first-order valence-corrected chi connectivity index (χ1v) is 7.65. The fourth-order valence-corrected chi connectivity index (χ4v) is 4.37. The predicted octanol–water partition coefficient (Wildman–Crippen LogP) is 3.03. The summed E-state index contributed by atoms with van der Waals surface area (Å²) in [5.74, 6) is 2.02. The van der Waals surface area contributed by atoms with Crippen molar-refractivity contribution in [1.29, 1.82) is 0 Å². The van der Waals surface area contributed by atoms with E-state index in [1.165, 1.54) is 41.7 Å². The van der Waals surface area contributed by atoms with Gasteiger partial charge in [-0.15, -0.1) is 11.3 Å². The number of thiophene rings is 1. The van der Waals surface area contributed by atoms with Crippen LogP contribution in [0.3, 0.4) is 0 Å². The van der Waals surface area contributed by atoms with E-state index in [1.54, 1.807) is 16.8 Å². The minimum absolute atomic E-state index is 0.825. The first-order valence-electron chi connectivity index (χ1n) is 6.83. The summed E-state index contributed by atoms with van der Waals surface area (Å²) in [6.45, 7) is 4.68. The van der Waals surface area contributed by atoms with Crippen LogP contribution in [0.25, 0.3) is 10.2 Å². The van der Waals surface area contributed by atoms with Crippen molar-refractivity contribution >= 4 is 27.4 Å². The lowest BCUT2D eigenvalue weighted by Gasteiger charge is -2.32. The van der Waals surface area contributed by atoms with Gasteiger partial charge >= 0.3 is 0 Å². The van der Waals surface area contributed by atoms with E-state index in [0.717, 1.165) is 19.0 Å². The summed E-state index contributed by atoms with van der Waals surface area (Å²) in [6, 6.07) is 0. The van der Waals surface area contributed by atoms with Gasteiger partial charge < -0.3 is 4.90 Å². The van der Waals surface area contributed by atoms with Gasteiger partial charge in [0.05, 0.1) is 5.39 Å². The highest BCUT2D eigenvalue weighted by Crippen LogP contribution is 2.41. The molecule has 1 aliphatic carbocycles. The average Bonchev–Trinajstić information content (AvgIpc) is 2.64. The Morgan fingerprint density at radius 2 is 2.22 bits per heavy atom. The van der Waals surface area contributed by atoms with E-state index in [1.807, 2.05) is 11.3 Å². The second kappa shape index (κ2) is 3.92. The van der Waals surface area contributed by atoms with Gasteiger partial charge in [-0.05, 0) is 37.2 Å². The van der Waals surface area contributed by atoms with E-state index in [9.17, 15) is 0 Å². The van der Waals surface area contributed by atoms with Gasteiger partial charge in [-0.1, -0.05) is 6.92 Å². The van der Waals surface area contributed by atoms with Crippen LogP contribution < -0.4 is 4.90 Å². The fraction of sp³-hybridized carbons (Fsp3) is 0.571. The number of fused-ring (bicyclic) bond motifs is 3. The van der Waals surface area contributed by atoms with Crippen molar-refractivity contribution in [1.82, 2.24) is 9.97 Å². The molecule has 18 heavy (non-hydrogen) atoms. The quantitative estimate of drug-likeness (QED) is 0.788. The molecule has 0 unspecified atom stereocenters. The molecule has 2 aromatic rings. The third kappa shape index (κ3) is 1.48. The Bertz CT molecular complexity index is 600. The van der Waals surface area contributed by atoms with Gasteiger partial charge in [0.25, 0.3) is 0 Å². The SMILES string of the molecule is C[C@H]1CCc2c(sc3ncnc(N4CCC4)c23)C1. The summed E-state index contributed by atoms with van der Waals surface area (Å²) in [5.41, 5.74) is 1.55. The van der Waals surface area contributed by atoms with Crippen molar-refractivity contribution in [3.63, 3.8) is 0 Å². The second-order valence-corrected chi connectivity index (χ2v) is 6.65. The molecule has 1 aliphatic heterocycles. The van der Waals surface area contributed by atoms with Crippen molar-refractivity contribution in [2.45, 2.75) is 32.6 Å². The first-order chi connectivity index (χ1) is 8.83. The van der Waals surface area contributed by atoms with Gasteiger partial charge in [0.15, 0.2) is 0 Å². The largest absolute Gasteiger partial charge is 0.356 e. The van der Waals surface area contributed by atoms with Crippen LogP contribution in [0.2, 0.25) is 0 Å². The zero-order chi connectivity index (χ0) is 12.1. The Morgan fingerprint density at radius 1 is 1.33 bits per heavy atom. The summed E-state index contributed by atoms with van der Waals surface area (Å²) < 4.78 is 0. The maximum Gasteiger partial charge on any atom is 0.141 e. The van der Waals surface area contributed by atoms with E-state index in [4.69, 9.17) is 0 Å². The lowest BCUT2D eigenvalue weighted by atomic mass is 9.89. The molecule has 0 bridgehead atoms. The van der Waals surface area contributed by atoms with Gasteiger partial charge in [0.2, 0.25) is 0 Å². The van der Waals surface area contributed by atoms with E-state index in [-0.39, 0.29) is 0 Å². The molecule has 94 valence electrons. The molecule has 3 nitrogen and oxygen atoms in total. The molecule has 0 saturated carbocycles. The highest BCUT2D eigenvalue weighted by atomic mass is 32.1. The Balaban J connectivity index is 1.92. The summed E-state index contributed by atoms with van der Waals surface area (Å²) in [6.07, 6.45) is 6.80. The van der Waals surface area contributed by atoms with Crippen molar-refractivity contribution < 1.29 is 0 Å². The Kier molecular flexibility index (Phi) is 2.34. The van der Waals surface area contributed by atoms with Crippen molar-refractivity contribution in [2.75, 3.05) is 18.0 Å². The number of anilines is 1. The number of hydrogen-bond acceptors (Lipinski definition) is 4. The highest BCUT2D eigenvalue weighted by Gasteiger charge is 2.26. The number of hydrogen-bond donors (Lipinski definition) is 0. The molecular weight excluding hydrogens is 242 g/mol. The number of rotatable bonds is 1. The number of aromatic nitrogens is 2. The van der Waals surface area contributed by atoms with E-state index < -0.39 is 0 Å². The molecule has 2 aliphatic rings. The van der Waals surface area contributed by atoms with Crippen LogP contribution >= 0.6 is 11.3 Å². The summed E-state index contributed by atoms with van der Waals surface area (Å²) in [4.78, 5) is 14.2. The normalized spacial score (nSPS) is 22.9. The molecule has 3 heterocycles. The topological polar surface area (TPSA) is 29.0 Å². The molecule has 0 spiro atoms. The monoisotopic (exact) mass is 259 g/mol. The molecule has 4 rings (SSSR count). The standard InChI is InChI=1S/C14H17N3S/c1-9-3-4-10-11(7-9)18-14-12(10)13(15-8-16-14)17-5-2-6-17/h8-9H,2-7H2,1H3/t9-/m0/s1. The minimum atomic E-state index is 0.825. The molecule has 1 fully saturated rings. The molecule has 2 aromatic heterocycles. The lowest BCUT2D eigenvalue weighted by Crippen LogP contribution is -2.37.